The molecule has 6 nitrogen and oxygen atoms in total. The molecule has 0 fully saturated rings. The largest absolute Gasteiger partial charge is 0.469 e. The van der Waals surface area contributed by atoms with E-state index in [-0.39, 0.29) is 5.97 Å². The molecule has 0 aliphatic carbocycles. The summed E-state index contributed by atoms with van der Waals surface area (Å²) in [7, 11) is 1.40. The maximum absolute atomic E-state index is 12.6. The predicted octanol–water partition coefficient (Wildman–Crippen LogP) is 7.40. The van der Waals surface area contributed by atoms with Crippen molar-refractivity contribution >= 4 is 29.0 Å². The number of fused-ring (bicyclic) bond motifs is 1. The van der Waals surface area contributed by atoms with E-state index < -0.39 is 11.7 Å². The number of methoxy groups -OCH3 is 1. The molecular formula is C32H40N2O4. The van der Waals surface area contributed by atoms with E-state index in [2.05, 4.69) is 56.4 Å². The molecule has 38 heavy (non-hydrogen) atoms. The Morgan fingerprint density at radius 1 is 1.08 bits per heavy atom. The number of alkyl carbamates (subject to hydrolysis) is 1. The number of carbonyl (C=O) groups excluding carboxylic acids is 2. The molecule has 3 rings (SSSR count). The first-order chi connectivity index (χ1) is 18.0. The van der Waals surface area contributed by atoms with Crippen LogP contribution in [-0.4, -0.2) is 29.8 Å². The maximum atomic E-state index is 12.6. The Hall–Kier alpha value is -3.67. The van der Waals surface area contributed by atoms with Gasteiger partial charge in [-0.3, -0.25) is 9.78 Å². The van der Waals surface area contributed by atoms with Crippen molar-refractivity contribution in [3.63, 3.8) is 0 Å². The Kier molecular flexibility index (Phi) is 9.67. The van der Waals surface area contributed by atoms with Gasteiger partial charge in [-0.1, -0.05) is 61.9 Å². The van der Waals surface area contributed by atoms with Crippen molar-refractivity contribution in [3.8, 4) is 11.1 Å². The number of hydrogen-bond acceptors (Lipinski definition) is 5. The number of ether oxygens (including phenoxy) is 2. The van der Waals surface area contributed by atoms with Crippen LogP contribution in [0.5, 0.6) is 0 Å². The SMILES string of the molecule is COC(=O)CC/C=C\c1ccc2nc(CC(C)C)c(CNC(=O)OC(C)(C)C)c(-c3ccc(C)cc3)c2c1. The van der Waals surface area contributed by atoms with Crippen LogP contribution in [0.4, 0.5) is 4.79 Å². The Balaban J connectivity index is 2.13. The monoisotopic (exact) mass is 516 g/mol. The second-order valence-electron chi connectivity index (χ2n) is 11.0. The number of benzene rings is 2. The van der Waals surface area contributed by atoms with Gasteiger partial charge in [-0.25, -0.2) is 4.79 Å². The van der Waals surface area contributed by atoms with Crippen molar-refractivity contribution in [3.05, 3.63) is 70.9 Å². The quantitative estimate of drug-likeness (QED) is 0.300. The topological polar surface area (TPSA) is 77.5 Å². The fourth-order valence-electron chi connectivity index (χ4n) is 4.27. The van der Waals surface area contributed by atoms with Gasteiger partial charge in [0.15, 0.2) is 0 Å². The van der Waals surface area contributed by atoms with Crippen LogP contribution in [0, 0.1) is 12.8 Å². The van der Waals surface area contributed by atoms with Crippen molar-refractivity contribution in [1.82, 2.24) is 10.3 Å². The number of aryl methyl sites for hydroxylation is 1. The lowest BCUT2D eigenvalue weighted by Gasteiger charge is -2.22. The minimum Gasteiger partial charge on any atom is -0.469 e. The predicted molar refractivity (Wildman–Crippen MR) is 154 cm³/mol. The van der Waals surface area contributed by atoms with E-state index >= 15 is 0 Å². The number of esters is 1. The molecule has 1 amide bonds. The molecule has 0 radical (unpaired) electrons. The number of carbonyl (C=O) groups is 2. The highest BCUT2D eigenvalue weighted by Gasteiger charge is 2.21. The van der Waals surface area contributed by atoms with Gasteiger partial charge in [-0.2, -0.15) is 0 Å². The number of hydrogen-bond donors (Lipinski definition) is 1. The van der Waals surface area contributed by atoms with Gasteiger partial charge in [0.1, 0.15) is 5.60 Å². The average Bonchev–Trinajstić information content (AvgIpc) is 2.84. The van der Waals surface area contributed by atoms with Gasteiger partial charge >= 0.3 is 12.1 Å². The minimum atomic E-state index is -0.582. The summed E-state index contributed by atoms with van der Waals surface area (Å²) < 4.78 is 10.2. The number of nitrogens with one attached hydrogen (secondary N) is 1. The third kappa shape index (κ3) is 8.17. The van der Waals surface area contributed by atoms with Crippen LogP contribution in [0.3, 0.4) is 0 Å². The molecular weight excluding hydrogens is 476 g/mol. The zero-order chi connectivity index (χ0) is 27.9. The van der Waals surface area contributed by atoms with Gasteiger partial charge in [-0.15, -0.1) is 0 Å². The number of allylic oxidation sites excluding steroid dienone is 1. The maximum Gasteiger partial charge on any atom is 0.407 e. The molecule has 0 saturated heterocycles. The standard InChI is InChI=1S/C32H40N2O4/c1-21(2)18-28-26(20-33-31(36)38-32(4,5)6)30(24-15-12-22(3)13-16-24)25-19-23(14-17-27(25)34-28)10-8-9-11-29(35)37-7/h8,10,12-17,19,21H,9,11,18,20H2,1-7H3,(H,33,36)/b10-8-. The minimum absolute atomic E-state index is 0.223. The number of rotatable bonds is 9. The van der Waals surface area contributed by atoms with Crippen LogP contribution >= 0.6 is 0 Å². The van der Waals surface area contributed by atoms with E-state index in [0.29, 0.717) is 25.3 Å². The summed E-state index contributed by atoms with van der Waals surface area (Å²) >= 11 is 0. The molecule has 0 aliphatic rings. The molecule has 0 spiro atoms. The van der Waals surface area contributed by atoms with E-state index in [9.17, 15) is 9.59 Å². The molecule has 2 aromatic carbocycles. The molecule has 3 aromatic rings. The van der Waals surface area contributed by atoms with Gasteiger partial charge in [0, 0.05) is 29.6 Å². The van der Waals surface area contributed by atoms with Crippen molar-refractivity contribution in [1.29, 1.82) is 0 Å². The van der Waals surface area contributed by atoms with E-state index in [1.807, 2.05) is 45.1 Å². The van der Waals surface area contributed by atoms with Gasteiger partial charge in [0.25, 0.3) is 0 Å². The fraction of sp³-hybridized carbons (Fsp3) is 0.406. The molecule has 0 saturated carbocycles. The van der Waals surface area contributed by atoms with E-state index in [4.69, 9.17) is 14.5 Å². The normalized spacial score (nSPS) is 11.8. The fourth-order valence-corrected chi connectivity index (χ4v) is 4.27. The smallest absolute Gasteiger partial charge is 0.407 e. The lowest BCUT2D eigenvalue weighted by Crippen LogP contribution is -2.32. The zero-order valence-corrected chi connectivity index (χ0v) is 23.7. The van der Waals surface area contributed by atoms with Crippen LogP contribution in [-0.2, 0) is 27.2 Å². The molecule has 0 atom stereocenters. The highest BCUT2D eigenvalue weighted by Crippen LogP contribution is 2.35. The Morgan fingerprint density at radius 3 is 2.42 bits per heavy atom. The van der Waals surface area contributed by atoms with Crippen LogP contribution < -0.4 is 5.32 Å². The first kappa shape index (κ1) is 28.9. The lowest BCUT2D eigenvalue weighted by atomic mass is 9.90. The van der Waals surface area contributed by atoms with Crippen LogP contribution in [0.1, 0.15) is 69.8 Å². The van der Waals surface area contributed by atoms with E-state index in [1.165, 1.54) is 12.7 Å². The summed E-state index contributed by atoms with van der Waals surface area (Å²) in [5, 5.41) is 3.98. The molecule has 1 aromatic heterocycles. The van der Waals surface area contributed by atoms with Crippen molar-refractivity contribution in [2.45, 2.75) is 73.0 Å². The molecule has 1 N–H and O–H groups in total. The average molecular weight is 517 g/mol. The van der Waals surface area contributed by atoms with Crippen LogP contribution in [0.2, 0.25) is 0 Å². The third-order valence-corrected chi connectivity index (χ3v) is 6.00. The third-order valence-electron chi connectivity index (χ3n) is 6.00. The molecule has 0 bridgehead atoms. The Bertz CT molecular complexity index is 1300. The van der Waals surface area contributed by atoms with Crippen LogP contribution in [0.25, 0.3) is 28.1 Å². The van der Waals surface area contributed by atoms with E-state index in [0.717, 1.165) is 45.3 Å². The summed E-state index contributed by atoms with van der Waals surface area (Å²) in [4.78, 5) is 29.1. The first-order valence-electron chi connectivity index (χ1n) is 13.2. The van der Waals surface area contributed by atoms with Crippen LogP contribution in [0.15, 0.2) is 48.5 Å². The molecule has 0 unspecified atom stereocenters. The van der Waals surface area contributed by atoms with E-state index in [1.54, 1.807) is 0 Å². The highest BCUT2D eigenvalue weighted by atomic mass is 16.6. The van der Waals surface area contributed by atoms with Crippen molar-refractivity contribution < 1.29 is 19.1 Å². The van der Waals surface area contributed by atoms with Crippen molar-refractivity contribution in [2.75, 3.05) is 7.11 Å². The van der Waals surface area contributed by atoms with Crippen molar-refractivity contribution in [2.24, 2.45) is 5.92 Å². The Labute approximate surface area is 226 Å². The van der Waals surface area contributed by atoms with Gasteiger partial charge in [-0.05, 0) is 75.3 Å². The highest BCUT2D eigenvalue weighted by molar-refractivity contribution is 5.98. The summed E-state index contributed by atoms with van der Waals surface area (Å²) in [6.45, 7) is 12.3. The number of pyridine rings is 1. The molecule has 6 heteroatoms. The number of nitrogens with zero attached hydrogens (tertiary/aromatic N) is 1. The van der Waals surface area contributed by atoms with Gasteiger partial charge in [0.05, 0.1) is 12.6 Å². The summed E-state index contributed by atoms with van der Waals surface area (Å²) in [6.07, 6.45) is 5.28. The Morgan fingerprint density at radius 2 is 1.79 bits per heavy atom. The molecule has 202 valence electrons. The second-order valence-corrected chi connectivity index (χ2v) is 11.0. The summed E-state index contributed by atoms with van der Waals surface area (Å²) in [5.74, 6) is 0.168. The zero-order valence-electron chi connectivity index (χ0n) is 23.7. The van der Waals surface area contributed by atoms with Gasteiger partial charge < -0.3 is 14.8 Å². The van der Waals surface area contributed by atoms with Gasteiger partial charge in [0.2, 0.25) is 0 Å². The second kappa shape index (κ2) is 12.7. The molecule has 1 heterocycles. The lowest BCUT2D eigenvalue weighted by molar-refractivity contribution is -0.140. The summed E-state index contributed by atoms with van der Waals surface area (Å²) in [6, 6.07) is 14.7. The number of amides is 1. The number of aromatic nitrogens is 1. The summed E-state index contributed by atoms with van der Waals surface area (Å²) in [5.41, 5.74) is 6.61. The molecule has 0 aliphatic heterocycles. The first-order valence-corrected chi connectivity index (χ1v) is 13.2.